The van der Waals surface area contributed by atoms with Gasteiger partial charge in [0.05, 0.1) is 11.8 Å². The van der Waals surface area contributed by atoms with Crippen LogP contribution in [0.15, 0.2) is 24.3 Å². The van der Waals surface area contributed by atoms with Crippen LogP contribution in [0.4, 0.5) is 0 Å². The highest BCUT2D eigenvalue weighted by atomic mass is 35.5. The Morgan fingerprint density at radius 2 is 2.17 bits per heavy atom. The monoisotopic (exact) mass is 332 g/mol. The van der Waals surface area contributed by atoms with Crippen LogP contribution >= 0.6 is 11.6 Å². The second-order valence-electron chi connectivity index (χ2n) is 5.06. The van der Waals surface area contributed by atoms with Crippen LogP contribution in [0, 0.1) is 25.2 Å². The molecular weight excluding hydrogens is 316 g/mol. The number of aromatic nitrogens is 2. The number of aryl methyl sites for hydroxylation is 2. The summed E-state index contributed by atoms with van der Waals surface area (Å²) in [7, 11) is 1.80. The number of rotatable bonds is 5. The summed E-state index contributed by atoms with van der Waals surface area (Å²) in [5.41, 5.74) is 2.10. The molecule has 0 fully saturated rings. The number of nitriles is 1. The molecule has 6 nitrogen and oxygen atoms in total. The molecule has 1 amide bonds. The lowest BCUT2D eigenvalue weighted by Gasteiger charge is -2.14. The Morgan fingerprint density at radius 3 is 2.74 bits per heavy atom. The molecule has 0 aliphatic heterocycles. The first kappa shape index (κ1) is 16.8. The predicted octanol–water partition coefficient (Wildman–Crippen LogP) is 2.45. The van der Waals surface area contributed by atoms with E-state index in [9.17, 15) is 10.1 Å². The zero-order valence-electron chi connectivity index (χ0n) is 13.1. The number of benzene rings is 1. The van der Waals surface area contributed by atoms with Crippen LogP contribution in [-0.2, 0) is 11.8 Å². The van der Waals surface area contributed by atoms with Gasteiger partial charge in [0.15, 0.2) is 12.4 Å². The van der Waals surface area contributed by atoms with E-state index in [1.54, 1.807) is 36.0 Å². The van der Waals surface area contributed by atoms with E-state index in [0.29, 0.717) is 22.0 Å². The first-order valence-corrected chi connectivity index (χ1v) is 7.38. The molecule has 0 bridgehead atoms. The fourth-order valence-corrected chi connectivity index (χ4v) is 2.44. The third-order valence-electron chi connectivity index (χ3n) is 3.44. The Bertz CT molecular complexity index is 764. The highest BCUT2D eigenvalue weighted by Crippen LogP contribution is 2.23. The van der Waals surface area contributed by atoms with E-state index in [1.807, 2.05) is 19.9 Å². The van der Waals surface area contributed by atoms with Crippen molar-refractivity contribution in [2.75, 3.05) is 6.61 Å². The van der Waals surface area contributed by atoms with Crippen LogP contribution in [0.2, 0.25) is 5.02 Å². The van der Waals surface area contributed by atoms with Gasteiger partial charge in [0.1, 0.15) is 11.7 Å². The number of nitrogens with one attached hydrogen (secondary N) is 1. The van der Waals surface area contributed by atoms with Gasteiger partial charge in [-0.2, -0.15) is 10.4 Å². The highest BCUT2D eigenvalue weighted by Gasteiger charge is 2.18. The third-order valence-corrected chi connectivity index (χ3v) is 3.79. The summed E-state index contributed by atoms with van der Waals surface area (Å²) in [6, 6.07) is 8.10. The molecule has 0 spiro atoms. The van der Waals surface area contributed by atoms with Gasteiger partial charge in [0.25, 0.3) is 5.91 Å². The van der Waals surface area contributed by atoms with Gasteiger partial charge in [0, 0.05) is 17.6 Å². The molecule has 1 aromatic carbocycles. The number of amides is 1. The molecule has 0 radical (unpaired) electrons. The average molecular weight is 333 g/mol. The van der Waals surface area contributed by atoms with Crippen molar-refractivity contribution >= 4 is 17.5 Å². The molecule has 0 saturated heterocycles. The minimum absolute atomic E-state index is 0.198. The standard InChI is InChI=1S/C16H17ClN4O2/c1-10-16(11(2)21(3)20-10)23-9-15(22)19-14(8-18)12-6-4-5-7-13(12)17/h4-7,14H,9H2,1-3H3,(H,19,22). The van der Waals surface area contributed by atoms with Crippen molar-refractivity contribution in [1.82, 2.24) is 15.1 Å². The number of carbonyl (C=O) groups excluding carboxylic acids is 1. The molecule has 1 N–H and O–H groups in total. The Kier molecular flexibility index (Phi) is 5.24. The Hall–Kier alpha value is -2.52. The van der Waals surface area contributed by atoms with Gasteiger partial charge in [-0.3, -0.25) is 9.48 Å². The van der Waals surface area contributed by atoms with E-state index in [1.165, 1.54) is 0 Å². The van der Waals surface area contributed by atoms with Gasteiger partial charge < -0.3 is 10.1 Å². The van der Waals surface area contributed by atoms with Crippen molar-refractivity contribution in [3.8, 4) is 11.8 Å². The van der Waals surface area contributed by atoms with Crippen molar-refractivity contribution < 1.29 is 9.53 Å². The van der Waals surface area contributed by atoms with Crippen molar-refractivity contribution in [2.24, 2.45) is 7.05 Å². The quantitative estimate of drug-likeness (QED) is 0.912. The lowest BCUT2D eigenvalue weighted by Crippen LogP contribution is -2.32. The first-order chi connectivity index (χ1) is 10.9. The third kappa shape index (κ3) is 3.82. The molecule has 1 unspecified atom stereocenters. The zero-order valence-corrected chi connectivity index (χ0v) is 13.9. The molecule has 0 saturated carbocycles. The van der Waals surface area contributed by atoms with Gasteiger partial charge in [-0.05, 0) is 19.9 Å². The van der Waals surface area contributed by atoms with E-state index >= 15 is 0 Å². The van der Waals surface area contributed by atoms with Crippen molar-refractivity contribution in [1.29, 1.82) is 5.26 Å². The molecule has 0 aliphatic carbocycles. The summed E-state index contributed by atoms with van der Waals surface area (Å²) in [6.07, 6.45) is 0. The Labute approximate surface area is 139 Å². The first-order valence-electron chi connectivity index (χ1n) is 7.00. The molecule has 2 aromatic rings. The Morgan fingerprint density at radius 1 is 1.48 bits per heavy atom. The maximum absolute atomic E-state index is 12.0. The second-order valence-corrected chi connectivity index (χ2v) is 5.47. The average Bonchev–Trinajstić information content (AvgIpc) is 2.76. The van der Waals surface area contributed by atoms with E-state index in [2.05, 4.69) is 10.4 Å². The minimum atomic E-state index is -0.823. The maximum atomic E-state index is 12.0. The van der Waals surface area contributed by atoms with E-state index < -0.39 is 11.9 Å². The molecule has 7 heteroatoms. The van der Waals surface area contributed by atoms with Crippen molar-refractivity contribution in [3.05, 3.63) is 46.2 Å². The van der Waals surface area contributed by atoms with Crippen LogP contribution in [0.25, 0.3) is 0 Å². The predicted molar refractivity (Wildman–Crippen MR) is 86.1 cm³/mol. The highest BCUT2D eigenvalue weighted by molar-refractivity contribution is 6.31. The summed E-state index contributed by atoms with van der Waals surface area (Å²) in [5.74, 6) is 0.174. The summed E-state index contributed by atoms with van der Waals surface area (Å²) in [5, 5.41) is 16.5. The van der Waals surface area contributed by atoms with Gasteiger partial charge >= 0.3 is 0 Å². The molecule has 120 valence electrons. The molecule has 1 atom stereocenters. The number of nitrogens with zero attached hydrogens (tertiary/aromatic N) is 3. The Balaban J connectivity index is 2.01. The lowest BCUT2D eigenvalue weighted by atomic mass is 10.1. The van der Waals surface area contributed by atoms with Gasteiger partial charge in [0.2, 0.25) is 0 Å². The summed E-state index contributed by atoms with van der Waals surface area (Å²) < 4.78 is 7.21. The van der Waals surface area contributed by atoms with Gasteiger partial charge in [-0.1, -0.05) is 29.8 Å². The maximum Gasteiger partial charge on any atom is 0.259 e. The van der Waals surface area contributed by atoms with Crippen molar-refractivity contribution in [2.45, 2.75) is 19.9 Å². The zero-order chi connectivity index (χ0) is 17.0. The topological polar surface area (TPSA) is 79.9 Å². The van der Waals surface area contributed by atoms with Gasteiger partial charge in [-0.15, -0.1) is 0 Å². The molecular formula is C16H17ClN4O2. The van der Waals surface area contributed by atoms with Crippen LogP contribution in [0.5, 0.6) is 5.75 Å². The van der Waals surface area contributed by atoms with Crippen LogP contribution in [0.3, 0.4) is 0 Å². The largest absolute Gasteiger partial charge is 0.480 e. The SMILES string of the molecule is Cc1nn(C)c(C)c1OCC(=O)NC(C#N)c1ccccc1Cl. The van der Waals surface area contributed by atoms with Crippen LogP contribution in [-0.4, -0.2) is 22.3 Å². The smallest absolute Gasteiger partial charge is 0.259 e. The number of ether oxygens (including phenoxy) is 1. The minimum Gasteiger partial charge on any atom is -0.480 e. The van der Waals surface area contributed by atoms with E-state index in [-0.39, 0.29) is 6.61 Å². The fourth-order valence-electron chi connectivity index (χ4n) is 2.19. The number of carbonyl (C=O) groups is 1. The summed E-state index contributed by atoms with van der Waals surface area (Å²) in [6.45, 7) is 3.47. The molecule has 23 heavy (non-hydrogen) atoms. The van der Waals surface area contributed by atoms with Crippen LogP contribution in [0.1, 0.15) is 23.0 Å². The lowest BCUT2D eigenvalue weighted by molar-refractivity contribution is -0.123. The molecule has 2 rings (SSSR count). The summed E-state index contributed by atoms with van der Waals surface area (Å²) >= 11 is 6.05. The van der Waals surface area contributed by atoms with E-state index in [4.69, 9.17) is 16.3 Å². The second kappa shape index (κ2) is 7.16. The molecule has 1 aromatic heterocycles. The fraction of sp³-hybridized carbons (Fsp3) is 0.312. The van der Waals surface area contributed by atoms with E-state index in [0.717, 1.165) is 5.69 Å². The normalized spacial score (nSPS) is 11.6. The molecule has 0 aliphatic rings. The molecule has 1 heterocycles. The van der Waals surface area contributed by atoms with Crippen LogP contribution < -0.4 is 10.1 Å². The number of hydrogen-bond acceptors (Lipinski definition) is 4. The van der Waals surface area contributed by atoms with Crippen molar-refractivity contribution in [3.63, 3.8) is 0 Å². The number of halogens is 1. The summed E-state index contributed by atoms with van der Waals surface area (Å²) in [4.78, 5) is 12.0. The number of hydrogen-bond donors (Lipinski definition) is 1. The van der Waals surface area contributed by atoms with Gasteiger partial charge in [-0.25, -0.2) is 0 Å².